The van der Waals surface area contributed by atoms with Crippen LogP contribution >= 0.6 is 11.6 Å². The van der Waals surface area contributed by atoms with E-state index >= 15 is 0 Å². The Morgan fingerprint density at radius 1 is 0.919 bits per heavy atom. The summed E-state index contributed by atoms with van der Waals surface area (Å²) in [7, 11) is 1.57. The number of nitrogens with zero attached hydrogens (tertiary/aromatic N) is 1. The van der Waals surface area contributed by atoms with Gasteiger partial charge >= 0.3 is 0 Å². The van der Waals surface area contributed by atoms with Crippen LogP contribution in [0.3, 0.4) is 0 Å². The minimum Gasteiger partial charge on any atom is -0.493 e. The first-order chi connectivity index (χ1) is 18.0. The summed E-state index contributed by atoms with van der Waals surface area (Å²) in [5.41, 5.74) is 6.43. The zero-order valence-corrected chi connectivity index (χ0v) is 21.3. The molecule has 0 saturated heterocycles. The monoisotopic (exact) mass is 514 g/mol. The second-order valence-electron chi connectivity index (χ2n) is 8.21. The van der Waals surface area contributed by atoms with E-state index in [0.717, 1.165) is 22.3 Å². The van der Waals surface area contributed by atoms with Gasteiger partial charge in [0.25, 0.3) is 5.91 Å². The van der Waals surface area contributed by atoms with Crippen LogP contribution in [0.2, 0.25) is 5.02 Å². The summed E-state index contributed by atoms with van der Waals surface area (Å²) in [4.78, 5) is 12.4. The van der Waals surface area contributed by atoms with Gasteiger partial charge in [-0.15, -0.1) is 0 Å². The van der Waals surface area contributed by atoms with Crippen LogP contribution in [-0.2, 0) is 11.4 Å². The number of carbonyl (C=O) groups excluding carboxylic acids is 1. The van der Waals surface area contributed by atoms with Crippen molar-refractivity contribution >= 4 is 23.7 Å². The Morgan fingerprint density at radius 3 is 2.32 bits per heavy atom. The first-order valence-corrected chi connectivity index (χ1v) is 12.1. The Balaban J connectivity index is 1.29. The number of nitrogens with one attached hydrogen (secondary N) is 1. The Hall–Kier alpha value is -4.29. The molecule has 0 aliphatic carbocycles. The van der Waals surface area contributed by atoms with Gasteiger partial charge in [-0.3, -0.25) is 4.79 Å². The molecule has 6 nitrogen and oxygen atoms in total. The largest absolute Gasteiger partial charge is 0.493 e. The van der Waals surface area contributed by atoms with Crippen molar-refractivity contribution in [2.45, 2.75) is 19.6 Å². The van der Waals surface area contributed by atoms with Gasteiger partial charge in [0.15, 0.2) is 17.6 Å². The van der Waals surface area contributed by atoms with Crippen molar-refractivity contribution in [2.24, 2.45) is 5.10 Å². The van der Waals surface area contributed by atoms with Crippen LogP contribution in [0, 0.1) is 0 Å². The standard InChI is InChI=1S/C30H27ClN2O4/c1-21(37-27-15-11-25(12-16-27)24-6-4-3-5-7-24)30(34)33-32-19-23-10-17-28(29(18-23)35-2)36-20-22-8-13-26(31)14-9-22/h3-19,21H,20H2,1-2H3,(H,33,34)/b32-19-/t21-/m1/s1. The summed E-state index contributed by atoms with van der Waals surface area (Å²) in [5, 5.41) is 4.73. The number of halogens is 1. The van der Waals surface area contributed by atoms with Crippen LogP contribution in [0.15, 0.2) is 102 Å². The molecular weight excluding hydrogens is 488 g/mol. The van der Waals surface area contributed by atoms with Crippen LogP contribution in [-0.4, -0.2) is 25.3 Å². The predicted molar refractivity (Wildman–Crippen MR) is 146 cm³/mol. The smallest absolute Gasteiger partial charge is 0.280 e. The molecule has 0 radical (unpaired) electrons. The fraction of sp³-hybridized carbons (Fsp3) is 0.133. The molecule has 0 spiro atoms. The maximum atomic E-state index is 12.4. The first-order valence-electron chi connectivity index (χ1n) is 11.7. The summed E-state index contributed by atoms with van der Waals surface area (Å²) in [5.74, 6) is 1.39. The van der Waals surface area contributed by atoms with E-state index < -0.39 is 6.10 Å². The topological polar surface area (TPSA) is 69.2 Å². The highest BCUT2D eigenvalue weighted by Crippen LogP contribution is 2.28. The second kappa shape index (κ2) is 12.6. The Bertz CT molecular complexity index is 1340. The van der Waals surface area contributed by atoms with Gasteiger partial charge in [0, 0.05) is 5.02 Å². The summed E-state index contributed by atoms with van der Waals surface area (Å²) < 4.78 is 17.1. The molecule has 1 atom stereocenters. The van der Waals surface area contributed by atoms with E-state index in [9.17, 15) is 4.79 Å². The molecule has 1 amide bonds. The quantitative estimate of drug-likeness (QED) is 0.193. The summed E-state index contributed by atoms with van der Waals surface area (Å²) in [6.45, 7) is 2.05. The van der Waals surface area contributed by atoms with E-state index in [1.54, 1.807) is 26.2 Å². The molecule has 0 aliphatic rings. The minimum atomic E-state index is -0.724. The van der Waals surface area contributed by atoms with Crippen LogP contribution in [0.25, 0.3) is 11.1 Å². The van der Waals surface area contributed by atoms with Crippen LogP contribution in [0.1, 0.15) is 18.1 Å². The average Bonchev–Trinajstić information content (AvgIpc) is 2.94. The van der Waals surface area contributed by atoms with Crippen molar-refractivity contribution in [1.29, 1.82) is 0 Å². The number of hydrogen-bond acceptors (Lipinski definition) is 5. The molecule has 4 aromatic rings. The van der Waals surface area contributed by atoms with Crippen molar-refractivity contribution in [2.75, 3.05) is 7.11 Å². The molecule has 1 N–H and O–H groups in total. The van der Waals surface area contributed by atoms with Gasteiger partial charge in [0.1, 0.15) is 12.4 Å². The number of hydrogen-bond donors (Lipinski definition) is 1. The van der Waals surface area contributed by atoms with E-state index in [0.29, 0.717) is 28.9 Å². The van der Waals surface area contributed by atoms with Gasteiger partial charge in [-0.1, -0.05) is 66.2 Å². The maximum Gasteiger partial charge on any atom is 0.280 e. The highest BCUT2D eigenvalue weighted by atomic mass is 35.5. The SMILES string of the molecule is COc1cc(/C=N\NC(=O)[C@@H](C)Oc2ccc(-c3ccccc3)cc2)ccc1OCc1ccc(Cl)cc1. The lowest BCUT2D eigenvalue weighted by Gasteiger charge is -2.13. The third-order valence-corrected chi connectivity index (χ3v) is 5.78. The molecule has 0 aliphatic heterocycles. The molecular formula is C30H27ClN2O4. The van der Waals surface area contributed by atoms with Crippen LogP contribution in [0.5, 0.6) is 17.2 Å². The second-order valence-corrected chi connectivity index (χ2v) is 8.65. The van der Waals surface area contributed by atoms with Crippen molar-refractivity contribution in [1.82, 2.24) is 5.43 Å². The fourth-order valence-corrected chi connectivity index (χ4v) is 3.63. The van der Waals surface area contributed by atoms with Gasteiger partial charge in [0.2, 0.25) is 0 Å². The van der Waals surface area contributed by atoms with Crippen molar-refractivity contribution in [3.63, 3.8) is 0 Å². The summed E-state index contributed by atoms with van der Waals surface area (Å²) in [6, 6.07) is 30.5. The number of rotatable bonds is 10. The zero-order valence-electron chi connectivity index (χ0n) is 20.6. The number of amides is 1. The van der Waals surface area contributed by atoms with E-state index in [1.807, 2.05) is 84.9 Å². The van der Waals surface area contributed by atoms with Gasteiger partial charge in [0.05, 0.1) is 13.3 Å². The normalized spacial score (nSPS) is 11.6. The maximum absolute atomic E-state index is 12.4. The number of hydrazone groups is 1. The number of ether oxygens (including phenoxy) is 3. The molecule has 188 valence electrons. The molecule has 0 bridgehead atoms. The van der Waals surface area contributed by atoms with Crippen molar-refractivity contribution in [3.8, 4) is 28.4 Å². The molecule has 0 aromatic heterocycles. The third kappa shape index (κ3) is 7.35. The highest BCUT2D eigenvalue weighted by Gasteiger charge is 2.14. The average molecular weight is 515 g/mol. The molecule has 4 rings (SSSR count). The van der Waals surface area contributed by atoms with Crippen LogP contribution < -0.4 is 19.6 Å². The third-order valence-electron chi connectivity index (χ3n) is 5.53. The van der Waals surface area contributed by atoms with Gasteiger partial charge < -0.3 is 14.2 Å². The van der Waals surface area contributed by atoms with Gasteiger partial charge in [-0.2, -0.15) is 5.10 Å². The molecule has 0 saturated carbocycles. The number of methoxy groups -OCH3 is 1. The molecule has 0 heterocycles. The fourth-order valence-electron chi connectivity index (χ4n) is 3.50. The van der Waals surface area contributed by atoms with Gasteiger partial charge in [-0.05, 0) is 71.6 Å². The van der Waals surface area contributed by atoms with Crippen molar-refractivity contribution in [3.05, 3.63) is 113 Å². The molecule has 37 heavy (non-hydrogen) atoms. The minimum absolute atomic E-state index is 0.363. The van der Waals surface area contributed by atoms with Crippen LogP contribution in [0.4, 0.5) is 0 Å². The lowest BCUT2D eigenvalue weighted by molar-refractivity contribution is -0.127. The molecule has 0 unspecified atom stereocenters. The summed E-state index contributed by atoms with van der Waals surface area (Å²) in [6.07, 6.45) is 0.808. The summed E-state index contributed by atoms with van der Waals surface area (Å²) >= 11 is 5.93. The number of carbonyl (C=O) groups is 1. The lowest BCUT2D eigenvalue weighted by Crippen LogP contribution is -2.33. The molecule has 4 aromatic carbocycles. The molecule has 7 heteroatoms. The lowest BCUT2D eigenvalue weighted by atomic mass is 10.1. The van der Waals surface area contributed by atoms with Gasteiger partial charge in [-0.25, -0.2) is 5.43 Å². The van der Waals surface area contributed by atoms with Crippen molar-refractivity contribution < 1.29 is 19.0 Å². The van der Waals surface area contributed by atoms with E-state index in [4.69, 9.17) is 25.8 Å². The van der Waals surface area contributed by atoms with E-state index in [1.165, 1.54) is 6.21 Å². The Labute approximate surface area is 221 Å². The van der Waals surface area contributed by atoms with E-state index in [2.05, 4.69) is 10.5 Å². The number of benzene rings is 4. The van der Waals surface area contributed by atoms with E-state index in [-0.39, 0.29) is 5.91 Å². The molecule has 0 fully saturated rings. The highest BCUT2D eigenvalue weighted by molar-refractivity contribution is 6.30. The Kier molecular flexibility index (Phi) is 8.79. The predicted octanol–water partition coefficient (Wildman–Crippen LogP) is 6.51. The first kappa shape index (κ1) is 25.8. The Morgan fingerprint density at radius 2 is 1.62 bits per heavy atom. The zero-order chi connectivity index (χ0) is 26.0.